The third-order valence-corrected chi connectivity index (χ3v) is 8.39. The van der Waals surface area contributed by atoms with Crippen molar-refractivity contribution in [2.75, 3.05) is 32.8 Å². The normalized spacial score (nSPS) is 19.1. The number of piperazine rings is 1. The van der Waals surface area contributed by atoms with E-state index in [-0.39, 0.29) is 18.4 Å². The van der Waals surface area contributed by atoms with Gasteiger partial charge in [0, 0.05) is 19.6 Å². The smallest absolute Gasteiger partial charge is 0.248 e. The van der Waals surface area contributed by atoms with Crippen molar-refractivity contribution in [2.45, 2.75) is 56.7 Å². The number of nitrogens with one attached hydrogen (secondary N) is 1. The molecule has 0 radical (unpaired) electrons. The summed E-state index contributed by atoms with van der Waals surface area (Å²) in [4.78, 5) is 31.9. The Kier molecular flexibility index (Phi) is 9.63. The maximum absolute atomic E-state index is 13.9. The molecular weight excluding hydrogens is 498 g/mol. The Hall–Kier alpha value is -3.48. The van der Waals surface area contributed by atoms with Gasteiger partial charge >= 0.3 is 0 Å². The summed E-state index contributed by atoms with van der Waals surface area (Å²) in [6.45, 7) is 3.78. The molecule has 2 fully saturated rings. The van der Waals surface area contributed by atoms with Gasteiger partial charge in [0.25, 0.3) is 0 Å². The molecule has 3 aromatic carbocycles. The molecule has 2 heterocycles. The first kappa shape index (κ1) is 28.1. The van der Waals surface area contributed by atoms with Crippen LogP contribution in [-0.2, 0) is 33.8 Å². The van der Waals surface area contributed by atoms with Gasteiger partial charge in [0.15, 0.2) is 0 Å². The van der Waals surface area contributed by atoms with Crippen LogP contribution >= 0.6 is 0 Å². The quantitative estimate of drug-likeness (QED) is 0.341. The van der Waals surface area contributed by atoms with Gasteiger partial charge in [0.2, 0.25) is 11.8 Å². The van der Waals surface area contributed by atoms with Gasteiger partial charge in [-0.1, -0.05) is 91.0 Å². The molecule has 5 rings (SSSR count). The topological polar surface area (TPSA) is 61.9 Å². The predicted octanol–water partition coefficient (Wildman–Crippen LogP) is 4.63. The fourth-order valence-electron chi connectivity index (χ4n) is 6.02. The fourth-order valence-corrected chi connectivity index (χ4v) is 6.02. The van der Waals surface area contributed by atoms with Gasteiger partial charge in [-0.2, -0.15) is 0 Å². The highest BCUT2D eigenvalue weighted by molar-refractivity contribution is 6.00. The predicted molar refractivity (Wildman–Crippen MR) is 158 cm³/mol. The van der Waals surface area contributed by atoms with E-state index in [4.69, 9.17) is 4.74 Å². The Balaban J connectivity index is 1.20. The summed E-state index contributed by atoms with van der Waals surface area (Å²) in [6, 6.07) is 30.1. The fraction of sp³-hybridized carbons (Fsp3) is 0.412. The third kappa shape index (κ3) is 6.98. The highest BCUT2D eigenvalue weighted by atomic mass is 16.5. The summed E-state index contributed by atoms with van der Waals surface area (Å²) in [5, 5.41) is 3.05. The van der Waals surface area contributed by atoms with E-state index in [0.717, 1.165) is 50.9 Å². The number of likely N-dealkylation sites (tertiary alicyclic amines) is 1. The number of hydrogen-bond donors (Lipinski definition) is 1. The van der Waals surface area contributed by atoms with E-state index < -0.39 is 11.6 Å². The molecule has 40 heavy (non-hydrogen) atoms. The van der Waals surface area contributed by atoms with Crippen molar-refractivity contribution in [3.63, 3.8) is 0 Å². The van der Waals surface area contributed by atoms with Crippen molar-refractivity contribution >= 4 is 11.8 Å². The molecule has 0 bridgehead atoms. The minimum Gasteiger partial charge on any atom is -0.374 e. The van der Waals surface area contributed by atoms with Crippen LogP contribution in [0.1, 0.15) is 42.4 Å². The number of rotatable bonds is 12. The minimum atomic E-state index is -0.789. The average molecular weight is 540 g/mol. The summed E-state index contributed by atoms with van der Waals surface area (Å²) in [5.74, 6) is -0.0582. The second kappa shape index (κ2) is 13.7. The first-order chi connectivity index (χ1) is 19.6. The highest BCUT2D eigenvalue weighted by Gasteiger charge is 2.53. The molecule has 1 unspecified atom stereocenters. The van der Waals surface area contributed by atoms with Crippen molar-refractivity contribution in [3.8, 4) is 0 Å². The largest absolute Gasteiger partial charge is 0.374 e. The molecule has 210 valence electrons. The second-order valence-electron chi connectivity index (χ2n) is 11.1. The van der Waals surface area contributed by atoms with Crippen LogP contribution in [0.5, 0.6) is 0 Å². The molecule has 6 heteroatoms. The molecule has 6 nitrogen and oxygen atoms in total. The molecular formula is C34H41N3O3. The van der Waals surface area contributed by atoms with E-state index >= 15 is 0 Å². The van der Waals surface area contributed by atoms with Crippen molar-refractivity contribution in [2.24, 2.45) is 0 Å². The lowest BCUT2D eigenvalue weighted by Gasteiger charge is -2.51. The summed E-state index contributed by atoms with van der Waals surface area (Å²) >= 11 is 0. The second-order valence-corrected chi connectivity index (χ2v) is 11.1. The molecule has 1 N–H and O–H groups in total. The zero-order valence-corrected chi connectivity index (χ0v) is 23.3. The van der Waals surface area contributed by atoms with Crippen LogP contribution in [0.2, 0.25) is 0 Å². The van der Waals surface area contributed by atoms with Gasteiger partial charge in [0.1, 0.15) is 11.6 Å². The zero-order valence-electron chi connectivity index (χ0n) is 23.3. The minimum absolute atomic E-state index is 0.0279. The van der Waals surface area contributed by atoms with Crippen molar-refractivity contribution in [1.82, 2.24) is 15.1 Å². The molecule has 0 aliphatic carbocycles. The number of hydrogen-bond acceptors (Lipinski definition) is 4. The molecule has 2 aliphatic heterocycles. The molecule has 0 aromatic heterocycles. The summed E-state index contributed by atoms with van der Waals surface area (Å²) < 4.78 is 5.90. The lowest BCUT2D eigenvalue weighted by molar-refractivity contribution is -0.163. The molecule has 2 saturated heterocycles. The first-order valence-corrected chi connectivity index (χ1v) is 14.7. The summed E-state index contributed by atoms with van der Waals surface area (Å²) in [6.07, 6.45) is 5.42. The maximum atomic E-state index is 13.9. The number of carbonyl (C=O) groups is 2. The van der Waals surface area contributed by atoms with Crippen molar-refractivity contribution < 1.29 is 14.3 Å². The Morgan fingerprint density at radius 3 is 1.93 bits per heavy atom. The summed E-state index contributed by atoms with van der Waals surface area (Å²) in [7, 11) is 0. The van der Waals surface area contributed by atoms with Gasteiger partial charge in [-0.25, -0.2) is 0 Å². The van der Waals surface area contributed by atoms with Gasteiger partial charge in [-0.15, -0.1) is 0 Å². The van der Waals surface area contributed by atoms with Crippen LogP contribution in [0.3, 0.4) is 0 Å². The van der Waals surface area contributed by atoms with Crippen molar-refractivity contribution in [3.05, 3.63) is 108 Å². The van der Waals surface area contributed by atoms with E-state index in [1.165, 1.54) is 11.1 Å². The number of ether oxygens (including phenoxy) is 1. The van der Waals surface area contributed by atoms with Crippen LogP contribution < -0.4 is 5.32 Å². The third-order valence-electron chi connectivity index (χ3n) is 8.39. The Morgan fingerprint density at radius 1 is 0.725 bits per heavy atom. The number of nitrogens with zero attached hydrogens (tertiary/aromatic N) is 2. The Labute approximate surface area is 238 Å². The number of carbonyl (C=O) groups excluding carboxylic acids is 2. The number of unbranched alkanes of at least 4 members (excludes halogenated alkanes) is 1. The molecule has 3 aromatic rings. The monoisotopic (exact) mass is 539 g/mol. The van der Waals surface area contributed by atoms with E-state index in [0.29, 0.717) is 26.0 Å². The molecule has 1 spiro atoms. The lowest BCUT2D eigenvalue weighted by Crippen LogP contribution is -2.73. The van der Waals surface area contributed by atoms with E-state index in [9.17, 15) is 9.59 Å². The zero-order chi connectivity index (χ0) is 27.6. The SMILES string of the molecule is O=C1C(COCc2ccccc2)NC(=O)C2(CCN(CCCCc3ccccc3)CC2)N1CCc1ccccc1. The van der Waals surface area contributed by atoms with Gasteiger partial charge in [0.05, 0.1) is 13.2 Å². The van der Waals surface area contributed by atoms with E-state index in [1.54, 1.807) is 0 Å². The molecule has 2 amide bonds. The van der Waals surface area contributed by atoms with Crippen LogP contribution in [0.4, 0.5) is 0 Å². The number of aryl methyl sites for hydroxylation is 1. The number of piperidine rings is 1. The first-order valence-electron chi connectivity index (χ1n) is 14.7. The van der Waals surface area contributed by atoms with Gasteiger partial charge < -0.3 is 19.9 Å². The summed E-state index contributed by atoms with van der Waals surface area (Å²) in [5.41, 5.74) is 2.81. The van der Waals surface area contributed by atoms with Crippen LogP contribution in [-0.4, -0.2) is 66.0 Å². The van der Waals surface area contributed by atoms with Crippen molar-refractivity contribution in [1.29, 1.82) is 0 Å². The van der Waals surface area contributed by atoms with Gasteiger partial charge in [-0.05, 0) is 61.8 Å². The van der Waals surface area contributed by atoms with Crippen LogP contribution in [0, 0.1) is 0 Å². The average Bonchev–Trinajstić information content (AvgIpc) is 3.00. The standard InChI is InChI=1S/C34H41N3O3/c38-32-31(27-40-26-30-17-8-3-9-18-30)35-33(39)34(37(32)23-19-29-14-6-2-7-15-29)20-24-36(25-21-34)22-11-10-16-28-12-4-1-5-13-28/h1-9,12-15,17-18,31H,10-11,16,19-27H2,(H,35,39). The van der Waals surface area contributed by atoms with E-state index in [2.05, 4.69) is 52.7 Å². The Morgan fingerprint density at radius 2 is 1.30 bits per heavy atom. The van der Waals surface area contributed by atoms with Gasteiger partial charge in [-0.3, -0.25) is 9.59 Å². The van der Waals surface area contributed by atoms with Crippen LogP contribution in [0.25, 0.3) is 0 Å². The van der Waals surface area contributed by atoms with Crippen LogP contribution in [0.15, 0.2) is 91.0 Å². The molecule has 1 atom stereocenters. The highest BCUT2D eigenvalue weighted by Crippen LogP contribution is 2.33. The molecule has 0 saturated carbocycles. The Bertz CT molecular complexity index is 1210. The maximum Gasteiger partial charge on any atom is 0.248 e. The number of benzene rings is 3. The lowest BCUT2D eigenvalue weighted by atomic mass is 9.81. The number of amides is 2. The van der Waals surface area contributed by atoms with E-state index in [1.807, 2.05) is 53.4 Å². The molecule has 2 aliphatic rings.